The topological polar surface area (TPSA) is 26.3 Å². The molecule has 0 aliphatic heterocycles. The van der Waals surface area contributed by atoms with Crippen molar-refractivity contribution in [2.45, 2.75) is 39.5 Å². The summed E-state index contributed by atoms with van der Waals surface area (Å²) in [6.45, 7) is 7.84. The Labute approximate surface area is 150 Å². The van der Waals surface area contributed by atoms with Crippen LogP contribution in [0.4, 0.5) is 0 Å². The number of rotatable bonds is 8. The molecule has 2 rings (SSSR count). The summed E-state index contributed by atoms with van der Waals surface area (Å²) in [6, 6.07) is 18.4. The minimum atomic E-state index is -0.437. The Morgan fingerprint density at radius 1 is 0.880 bits per heavy atom. The first-order chi connectivity index (χ1) is 12.2. The lowest BCUT2D eigenvalue weighted by Gasteiger charge is -2.16. The van der Waals surface area contributed by atoms with Crippen molar-refractivity contribution in [3.05, 3.63) is 78.4 Å². The van der Waals surface area contributed by atoms with E-state index in [1.165, 1.54) is 28.3 Å². The molecule has 0 saturated carbocycles. The predicted molar refractivity (Wildman–Crippen MR) is 105 cm³/mol. The molecule has 0 saturated heterocycles. The van der Waals surface area contributed by atoms with E-state index in [4.69, 9.17) is 4.74 Å². The minimum Gasteiger partial charge on any atom is -0.423 e. The van der Waals surface area contributed by atoms with E-state index in [0.717, 1.165) is 25.7 Å². The van der Waals surface area contributed by atoms with Crippen molar-refractivity contribution < 1.29 is 9.53 Å². The van der Waals surface area contributed by atoms with Gasteiger partial charge in [0, 0.05) is 6.08 Å². The second-order valence-corrected chi connectivity index (χ2v) is 5.97. The van der Waals surface area contributed by atoms with Crippen LogP contribution < -0.4 is 4.74 Å². The van der Waals surface area contributed by atoms with E-state index in [-0.39, 0.29) is 0 Å². The Balaban J connectivity index is 2.43. The Morgan fingerprint density at radius 3 is 1.88 bits per heavy atom. The van der Waals surface area contributed by atoms with Gasteiger partial charge in [0.05, 0.1) is 0 Å². The van der Waals surface area contributed by atoms with Crippen LogP contribution in [0.1, 0.15) is 50.7 Å². The summed E-state index contributed by atoms with van der Waals surface area (Å²) in [7, 11) is 0. The Bertz CT molecular complexity index is 724. The van der Waals surface area contributed by atoms with E-state index in [1.807, 2.05) is 24.3 Å². The summed E-state index contributed by atoms with van der Waals surface area (Å²) in [4.78, 5) is 11.3. The summed E-state index contributed by atoms with van der Waals surface area (Å²) < 4.78 is 5.18. The molecule has 0 fully saturated rings. The maximum absolute atomic E-state index is 11.3. The third kappa shape index (κ3) is 5.18. The number of ether oxygens (including phenoxy) is 1. The smallest absolute Gasteiger partial charge is 0.335 e. The molecule has 2 nitrogen and oxygen atoms in total. The Hall–Kier alpha value is -2.61. The second kappa shape index (κ2) is 9.63. The van der Waals surface area contributed by atoms with Crippen LogP contribution in [-0.4, -0.2) is 5.97 Å². The fraction of sp³-hybridized carbons (Fsp3) is 0.261. The average Bonchev–Trinajstić information content (AvgIpc) is 2.66. The van der Waals surface area contributed by atoms with Crippen molar-refractivity contribution >= 4 is 17.1 Å². The van der Waals surface area contributed by atoms with Gasteiger partial charge in [-0.3, -0.25) is 0 Å². The van der Waals surface area contributed by atoms with Gasteiger partial charge in [-0.15, -0.1) is 0 Å². The fourth-order valence-corrected chi connectivity index (χ4v) is 2.96. The largest absolute Gasteiger partial charge is 0.423 e. The van der Waals surface area contributed by atoms with Gasteiger partial charge in [0.15, 0.2) is 0 Å². The molecular formula is C23H26O2. The zero-order valence-corrected chi connectivity index (χ0v) is 15.1. The summed E-state index contributed by atoms with van der Waals surface area (Å²) in [5.74, 6) is 0.106. The van der Waals surface area contributed by atoms with E-state index in [0.29, 0.717) is 5.75 Å². The molecule has 2 heteroatoms. The number of carbonyl (C=O) groups is 1. The molecule has 0 heterocycles. The number of hydrogen-bond acceptors (Lipinski definition) is 2. The lowest BCUT2D eigenvalue weighted by atomic mass is 9.89. The SMILES string of the molecule is C=CC(=O)Oc1ccc(C(CCC)=C(CCC)c2ccccc2)cc1. The van der Waals surface area contributed by atoms with Crippen LogP contribution in [0.15, 0.2) is 67.3 Å². The molecule has 0 atom stereocenters. The zero-order chi connectivity index (χ0) is 18.1. The van der Waals surface area contributed by atoms with Gasteiger partial charge in [0.25, 0.3) is 0 Å². The first kappa shape index (κ1) is 18.7. The molecule has 0 aromatic heterocycles. The highest BCUT2D eigenvalue weighted by Crippen LogP contribution is 2.33. The van der Waals surface area contributed by atoms with Crippen molar-refractivity contribution in [3.8, 4) is 5.75 Å². The molecule has 0 radical (unpaired) electrons. The van der Waals surface area contributed by atoms with Gasteiger partial charge in [0.2, 0.25) is 0 Å². The van der Waals surface area contributed by atoms with Crippen molar-refractivity contribution in [1.29, 1.82) is 0 Å². The number of carbonyl (C=O) groups excluding carboxylic acids is 1. The molecule has 2 aromatic rings. The van der Waals surface area contributed by atoms with Gasteiger partial charge in [0.1, 0.15) is 5.75 Å². The first-order valence-corrected chi connectivity index (χ1v) is 8.91. The lowest BCUT2D eigenvalue weighted by molar-refractivity contribution is -0.128. The number of hydrogen-bond donors (Lipinski definition) is 0. The second-order valence-electron chi connectivity index (χ2n) is 5.97. The maximum Gasteiger partial charge on any atom is 0.335 e. The average molecular weight is 334 g/mol. The van der Waals surface area contributed by atoms with Crippen molar-refractivity contribution in [2.75, 3.05) is 0 Å². The van der Waals surface area contributed by atoms with Gasteiger partial charge >= 0.3 is 5.97 Å². The van der Waals surface area contributed by atoms with Crippen molar-refractivity contribution in [2.24, 2.45) is 0 Å². The number of esters is 1. The van der Waals surface area contributed by atoms with Crippen LogP contribution in [0.2, 0.25) is 0 Å². The van der Waals surface area contributed by atoms with Crippen LogP contribution in [-0.2, 0) is 4.79 Å². The maximum atomic E-state index is 11.3. The summed E-state index contributed by atoms with van der Waals surface area (Å²) >= 11 is 0. The lowest BCUT2D eigenvalue weighted by Crippen LogP contribution is -2.03. The molecule has 25 heavy (non-hydrogen) atoms. The zero-order valence-electron chi connectivity index (χ0n) is 15.1. The van der Waals surface area contributed by atoms with Gasteiger partial charge in [-0.05, 0) is 47.2 Å². The van der Waals surface area contributed by atoms with Gasteiger partial charge < -0.3 is 4.74 Å². The minimum absolute atomic E-state index is 0.437. The van der Waals surface area contributed by atoms with Crippen LogP contribution in [0, 0.1) is 0 Å². The van der Waals surface area contributed by atoms with Crippen LogP contribution in [0.25, 0.3) is 11.1 Å². The molecule has 0 spiro atoms. The molecule has 0 N–H and O–H groups in total. The van der Waals surface area contributed by atoms with Crippen LogP contribution >= 0.6 is 0 Å². The van der Waals surface area contributed by atoms with E-state index >= 15 is 0 Å². The quantitative estimate of drug-likeness (QED) is 0.245. The third-order valence-corrected chi connectivity index (χ3v) is 4.07. The van der Waals surface area contributed by atoms with Crippen LogP contribution in [0.5, 0.6) is 5.75 Å². The molecule has 0 bridgehead atoms. The number of benzene rings is 2. The molecule has 130 valence electrons. The summed E-state index contributed by atoms with van der Waals surface area (Å²) in [5.41, 5.74) is 5.25. The van der Waals surface area contributed by atoms with Gasteiger partial charge in [-0.25, -0.2) is 4.79 Å². The van der Waals surface area contributed by atoms with Gasteiger partial charge in [-0.1, -0.05) is 75.7 Å². The van der Waals surface area contributed by atoms with Gasteiger partial charge in [-0.2, -0.15) is 0 Å². The van der Waals surface area contributed by atoms with Crippen molar-refractivity contribution in [1.82, 2.24) is 0 Å². The molecule has 0 aliphatic rings. The summed E-state index contributed by atoms with van der Waals surface area (Å²) in [6.07, 6.45) is 5.43. The highest BCUT2D eigenvalue weighted by molar-refractivity contribution is 5.91. The van der Waals surface area contributed by atoms with E-state index < -0.39 is 5.97 Å². The molecular weight excluding hydrogens is 308 g/mol. The standard InChI is InChI=1S/C23H26O2/c1-4-10-21(18-12-8-7-9-13-18)22(11-5-2)19-14-16-20(17-15-19)25-23(24)6-3/h6-9,12-17H,3-5,10-11H2,1-2H3. The Kier molecular flexibility index (Phi) is 7.21. The highest BCUT2D eigenvalue weighted by Gasteiger charge is 2.11. The van der Waals surface area contributed by atoms with E-state index in [2.05, 4.69) is 50.8 Å². The molecule has 2 aromatic carbocycles. The molecule has 0 amide bonds. The summed E-state index contributed by atoms with van der Waals surface area (Å²) in [5, 5.41) is 0. The Morgan fingerprint density at radius 2 is 1.40 bits per heavy atom. The molecule has 0 unspecified atom stereocenters. The molecule has 0 aliphatic carbocycles. The predicted octanol–water partition coefficient (Wildman–Crippen LogP) is 6.29. The van der Waals surface area contributed by atoms with E-state index in [1.54, 1.807) is 0 Å². The van der Waals surface area contributed by atoms with Crippen molar-refractivity contribution in [3.63, 3.8) is 0 Å². The van der Waals surface area contributed by atoms with Crippen LogP contribution in [0.3, 0.4) is 0 Å². The third-order valence-electron chi connectivity index (χ3n) is 4.07. The monoisotopic (exact) mass is 334 g/mol. The number of allylic oxidation sites excluding steroid dienone is 2. The first-order valence-electron chi connectivity index (χ1n) is 8.91. The highest BCUT2D eigenvalue weighted by atomic mass is 16.5. The normalized spacial score (nSPS) is 11.6. The fourth-order valence-electron chi connectivity index (χ4n) is 2.96. The van der Waals surface area contributed by atoms with E-state index in [9.17, 15) is 4.79 Å².